The van der Waals surface area contributed by atoms with Crippen LogP contribution in [0.25, 0.3) is 5.69 Å². The minimum Gasteiger partial charge on any atom is -0.497 e. The number of ether oxygens (including phenoxy) is 2. The van der Waals surface area contributed by atoms with E-state index in [0.717, 1.165) is 9.25 Å². The highest BCUT2D eigenvalue weighted by Crippen LogP contribution is 2.19. The number of nitrogens with zero attached hydrogens (tertiary/aromatic N) is 4. The molecule has 1 aromatic heterocycles. The molecule has 3 aromatic rings. The molecule has 0 spiro atoms. The Hall–Kier alpha value is -4.28. The van der Waals surface area contributed by atoms with Gasteiger partial charge < -0.3 is 14.4 Å². The van der Waals surface area contributed by atoms with Crippen LogP contribution >= 0.6 is 0 Å². The Morgan fingerprint density at radius 3 is 2.43 bits per heavy atom. The van der Waals surface area contributed by atoms with E-state index >= 15 is 0 Å². The molecule has 1 fully saturated rings. The zero-order valence-corrected chi connectivity index (χ0v) is 20.6. The fourth-order valence-corrected chi connectivity index (χ4v) is 4.22. The lowest BCUT2D eigenvalue weighted by molar-refractivity contribution is -0.149. The van der Waals surface area contributed by atoms with E-state index < -0.39 is 40.6 Å². The van der Waals surface area contributed by atoms with Gasteiger partial charge in [0.05, 0.1) is 31.9 Å². The van der Waals surface area contributed by atoms with E-state index in [1.54, 1.807) is 31.2 Å². The van der Waals surface area contributed by atoms with E-state index in [2.05, 4.69) is 5.10 Å². The molecule has 0 bridgehead atoms. The van der Waals surface area contributed by atoms with Gasteiger partial charge in [-0.25, -0.2) is 9.18 Å². The van der Waals surface area contributed by atoms with Gasteiger partial charge in [0.25, 0.3) is 11.5 Å². The van der Waals surface area contributed by atoms with Crippen LogP contribution < -0.4 is 16.0 Å². The Morgan fingerprint density at radius 2 is 1.78 bits per heavy atom. The van der Waals surface area contributed by atoms with E-state index in [4.69, 9.17) is 9.47 Å². The summed E-state index contributed by atoms with van der Waals surface area (Å²) in [5.41, 5.74) is -1.29. The lowest BCUT2D eigenvalue weighted by Crippen LogP contribution is -2.49. The van der Waals surface area contributed by atoms with Crippen molar-refractivity contribution < 1.29 is 23.5 Å². The lowest BCUT2D eigenvalue weighted by atomic mass is 9.98. The number of benzene rings is 2. The molecular formula is C26H27FN4O6. The average Bonchev–Trinajstić information content (AvgIpc) is 2.92. The molecule has 0 aliphatic carbocycles. The van der Waals surface area contributed by atoms with Crippen LogP contribution in [-0.4, -0.2) is 57.9 Å². The second kappa shape index (κ2) is 11.2. The summed E-state index contributed by atoms with van der Waals surface area (Å²) in [7, 11) is 1.50. The number of rotatable bonds is 7. The first kappa shape index (κ1) is 25.8. The Bertz CT molecular complexity index is 1400. The maximum absolute atomic E-state index is 13.5. The molecule has 0 N–H and O–H groups in total. The smallest absolute Gasteiger partial charge is 0.352 e. The largest absolute Gasteiger partial charge is 0.497 e. The predicted octanol–water partition coefficient (Wildman–Crippen LogP) is 2.01. The maximum atomic E-state index is 13.5. The first-order valence-electron chi connectivity index (χ1n) is 11.9. The van der Waals surface area contributed by atoms with Gasteiger partial charge in [0, 0.05) is 13.1 Å². The van der Waals surface area contributed by atoms with Gasteiger partial charge in [-0.05, 0) is 61.7 Å². The monoisotopic (exact) mass is 510 g/mol. The maximum Gasteiger partial charge on any atom is 0.352 e. The van der Waals surface area contributed by atoms with Gasteiger partial charge >= 0.3 is 11.7 Å². The fraction of sp³-hybridized carbons (Fsp3) is 0.346. The van der Waals surface area contributed by atoms with Gasteiger partial charge in [0.15, 0.2) is 0 Å². The van der Waals surface area contributed by atoms with E-state index in [1.165, 1.54) is 36.3 Å². The van der Waals surface area contributed by atoms with Gasteiger partial charge in [0.2, 0.25) is 5.69 Å². The van der Waals surface area contributed by atoms with E-state index in [9.17, 15) is 23.6 Å². The Morgan fingerprint density at radius 1 is 1.08 bits per heavy atom. The summed E-state index contributed by atoms with van der Waals surface area (Å²) in [5.74, 6) is -1.50. The number of esters is 1. The van der Waals surface area contributed by atoms with Crippen LogP contribution in [-0.2, 0) is 16.1 Å². The summed E-state index contributed by atoms with van der Waals surface area (Å²) in [6, 6.07) is 11.7. The van der Waals surface area contributed by atoms with Crippen LogP contribution in [0.5, 0.6) is 5.75 Å². The molecule has 1 amide bonds. The second-order valence-electron chi connectivity index (χ2n) is 8.60. The highest BCUT2D eigenvalue weighted by molar-refractivity contribution is 5.92. The van der Waals surface area contributed by atoms with Crippen molar-refractivity contribution in [2.75, 3.05) is 26.8 Å². The van der Waals surface area contributed by atoms with Crippen LogP contribution in [0.1, 0.15) is 35.8 Å². The summed E-state index contributed by atoms with van der Waals surface area (Å²) < 4.78 is 25.5. The van der Waals surface area contributed by atoms with Gasteiger partial charge in [-0.15, -0.1) is 0 Å². The molecule has 2 aromatic carbocycles. The predicted molar refractivity (Wildman–Crippen MR) is 131 cm³/mol. The molecule has 1 atom stereocenters. The van der Waals surface area contributed by atoms with Crippen molar-refractivity contribution in [2.24, 2.45) is 5.92 Å². The van der Waals surface area contributed by atoms with Crippen LogP contribution in [0, 0.1) is 11.7 Å². The molecule has 1 aliphatic rings. The zero-order valence-electron chi connectivity index (χ0n) is 20.6. The van der Waals surface area contributed by atoms with Crippen molar-refractivity contribution in [1.82, 2.24) is 19.2 Å². The molecule has 1 unspecified atom stereocenters. The van der Waals surface area contributed by atoms with Crippen molar-refractivity contribution in [3.8, 4) is 11.4 Å². The number of carbonyl (C=O) groups is 2. The number of amides is 1. The number of halogens is 1. The number of carbonyl (C=O) groups excluding carboxylic acids is 2. The van der Waals surface area contributed by atoms with Crippen molar-refractivity contribution in [3.63, 3.8) is 0 Å². The molecular weight excluding hydrogens is 483 g/mol. The molecule has 37 heavy (non-hydrogen) atoms. The van der Waals surface area contributed by atoms with Crippen molar-refractivity contribution in [1.29, 1.82) is 0 Å². The van der Waals surface area contributed by atoms with Crippen molar-refractivity contribution in [2.45, 2.75) is 26.3 Å². The second-order valence-corrected chi connectivity index (χ2v) is 8.60. The minimum absolute atomic E-state index is 0.0818. The highest BCUT2D eigenvalue weighted by Gasteiger charge is 2.32. The van der Waals surface area contributed by atoms with Crippen LogP contribution in [0.4, 0.5) is 4.39 Å². The number of hydrogen-bond donors (Lipinski definition) is 0. The third kappa shape index (κ3) is 5.60. The Labute approximate surface area is 211 Å². The van der Waals surface area contributed by atoms with E-state index in [1.807, 2.05) is 0 Å². The summed E-state index contributed by atoms with van der Waals surface area (Å²) in [4.78, 5) is 53.9. The van der Waals surface area contributed by atoms with Crippen LogP contribution in [0.2, 0.25) is 0 Å². The number of piperidine rings is 1. The topological polar surface area (TPSA) is 113 Å². The third-order valence-corrected chi connectivity index (χ3v) is 6.16. The van der Waals surface area contributed by atoms with E-state index in [-0.39, 0.29) is 19.7 Å². The molecule has 1 aliphatic heterocycles. The first-order chi connectivity index (χ1) is 17.8. The normalized spacial score (nSPS) is 15.3. The number of methoxy groups -OCH3 is 1. The van der Waals surface area contributed by atoms with Crippen molar-refractivity contribution >= 4 is 11.9 Å². The fourth-order valence-electron chi connectivity index (χ4n) is 4.22. The van der Waals surface area contributed by atoms with Gasteiger partial charge in [0.1, 0.15) is 11.6 Å². The quantitative estimate of drug-likeness (QED) is 0.447. The Balaban J connectivity index is 1.78. The van der Waals surface area contributed by atoms with Gasteiger partial charge in [-0.3, -0.25) is 19.0 Å². The minimum atomic E-state index is -0.873. The van der Waals surface area contributed by atoms with Crippen LogP contribution in [0.15, 0.2) is 58.1 Å². The van der Waals surface area contributed by atoms with Gasteiger partial charge in [-0.2, -0.15) is 9.78 Å². The van der Waals surface area contributed by atoms with Crippen molar-refractivity contribution in [3.05, 3.63) is 86.4 Å². The summed E-state index contributed by atoms with van der Waals surface area (Å²) in [5, 5.41) is 4.16. The molecule has 1 saturated heterocycles. The summed E-state index contributed by atoms with van der Waals surface area (Å²) in [6.07, 6.45) is 1.12. The molecule has 194 valence electrons. The number of likely N-dealkylation sites (tertiary alicyclic amines) is 1. The third-order valence-electron chi connectivity index (χ3n) is 6.16. The molecule has 2 heterocycles. The molecule has 10 nitrogen and oxygen atoms in total. The number of hydrogen-bond acceptors (Lipinski definition) is 7. The van der Waals surface area contributed by atoms with E-state index in [0.29, 0.717) is 36.4 Å². The standard InChI is InChI=1S/C26H27FN4O6/c1-3-37-25(34)18-5-4-14-29(16-18)23(32)22-24(33)30(15-17-6-8-19(27)9-7-17)26(35)31(28-22)20-10-12-21(36-2)13-11-20/h6-13,18H,3-5,14-16H2,1-2H3. The lowest BCUT2D eigenvalue weighted by Gasteiger charge is -2.31. The molecule has 4 rings (SSSR count). The number of aromatic nitrogens is 3. The van der Waals surface area contributed by atoms with Crippen LogP contribution in [0.3, 0.4) is 0 Å². The zero-order chi connectivity index (χ0) is 26.5. The molecule has 11 heteroatoms. The summed E-state index contributed by atoms with van der Waals surface area (Å²) >= 11 is 0. The Kier molecular flexibility index (Phi) is 7.80. The molecule has 0 saturated carbocycles. The SMILES string of the molecule is CCOC(=O)C1CCCN(C(=O)c2nn(-c3ccc(OC)cc3)c(=O)n(Cc3ccc(F)cc3)c2=O)C1. The summed E-state index contributed by atoms with van der Waals surface area (Å²) in [6.45, 7) is 2.15. The average molecular weight is 511 g/mol. The first-order valence-corrected chi connectivity index (χ1v) is 11.9. The van der Waals surface area contributed by atoms with Gasteiger partial charge in [-0.1, -0.05) is 12.1 Å². The molecule has 0 radical (unpaired) electrons. The highest BCUT2D eigenvalue weighted by atomic mass is 19.1.